The molecule has 752 valence electrons. The maximum atomic E-state index is 12.9. The number of hydrogen-bond donors (Lipinski definition) is 12. The Morgan fingerprint density at radius 3 is 1.04 bits per heavy atom. The van der Waals surface area contributed by atoms with E-state index < -0.39 is 5.97 Å². The van der Waals surface area contributed by atoms with E-state index in [2.05, 4.69) is 232 Å². The van der Waals surface area contributed by atoms with Crippen LogP contribution in [-0.2, 0) is 14.3 Å². The van der Waals surface area contributed by atoms with Crippen molar-refractivity contribution in [1.29, 1.82) is 0 Å². The fourth-order valence-electron chi connectivity index (χ4n) is 21.3. The van der Waals surface area contributed by atoms with Crippen molar-refractivity contribution in [3.8, 4) is 0 Å². The molecule has 8 aliphatic rings. The standard InChI is InChI=1S/C29H39N5O3.2C29H39N5O2.C26H33N3O3/c1-29(2)12-10-21(11-13-29)24-18-22(20-4-7-23(8-5-20)34(14-16-35)15-17-36)6-9-25(24)32-28(37)27-31-19-26(30-3)33-27;1-29(2)14-12-21(13-15-29)24-18-22(20-6-9-23(10-7-20)34(4)16-17-36-5)8-11-25(24)32-28(35)27-31-19-26(30-3)33-27;1-5-36-17-16-31-23-9-6-20(7-10-23)22-8-11-25(33-28(35)27-32-19-26(30-4)34-27)24(18-22)21-12-14-29(2,3)15-13-21;1-16-15-27-23(28-16)24(30)29-22-9-8-20(17-4-6-19(7-5-17)25(31)32)14-21(22)18-10-12-26(2,3)13-11-18/h6,9-10,18-20,23,35-36H,4-5,7-8,11-17H2,1-2H3,(H,31,33)(H,32,37);8,11-12,18-20,23H,6-7,9-10,13-17H2,1-2,4-5H3,(H,31,33)(H,32,35);8,11-12,18-20,23,31H,5-7,9-10,13-17H2,1-3H3,(H,32,34)(H,33,35);8-10,14-15,17,19H,4-7,11-13H2,1-3H3,(H,27,28)(H,29,30)(H,31,32). The summed E-state index contributed by atoms with van der Waals surface area (Å²) in [6, 6.07) is 27.4. The van der Waals surface area contributed by atoms with Gasteiger partial charge in [0.15, 0.2) is 5.82 Å². The van der Waals surface area contributed by atoms with E-state index >= 15 is 0 Å². The van der Waals surface area contributed by atoms with E-state index in [1.165, 1.54) is 102 Å². The highest BCUT2D eigenvalue weighted by Crippen LogP contribution is 2.49. The number of aryl methyl sites for hydroxylation is 1. The van der Waals surface area contributed by atoms with Gasteiger partial charge in [-0.2, -0.15) is 0 Å². The number of amides is 4. The molecule has 8 aromatic rings. The van der Waals surface area contributed by atoms with Gasteiger partial charge < -0.3 is 75.8 Å². The number of aromatic nitrogens is 8. The van der Waals surface area contributed by atoms with Gasteiger partial charge in [-0.3, -0.25) is 43.8 Å². The number of carboxylic acids is 1. The number of imidazole rings is 4. The quantitative estimate of drug-likeness (QED) is 0.0142. The predicted octanol–water partition coefficient (Wildman–Crippen LogP) is 23.9. The van der Waals surface area contributed by atoms with Gasteiger partial charge in [0.2, 0.25) is 17.5 Å². The van der Waals surface area contributed by atoms with E-state index in [0.717, 1.165) is 225 Å². The molecule has 4 saturated carbocycles. The second kappa shape index (κ2) is 49.8. The lowest BCUT2D eigenvalue weighted by atomic mass is 9.75. The van der Waals surface area contributed by atoms with Crippen molar-refractivity contribution < 1.29 is 48.8 Å². The van der Waals surface area contributed by atoms with Crippen LogP contribution in [0.5, 0.6) is 0 Å². The summed E-state index contributed by atoms with van der Waals surface area (Å²) in [4.78, 5) is 105. The highest BCUT2D eigenvalue weighted by atomic mass is 16.5. The Morgan fingerprint density at radius 1 is 0.440 bits per heavy atom. The number of carbonyl (C=O) groups excluding carboxylic acids is 4. The normalized spacial score (nSPS) is 21.8. The lowest BCUT2D eigenvalue weighted by Gasteiger charge is -2.37. The van der Waals surface area contributed by atoms with Crippen LogP contribution in [0.2, 0.25) is 0 Å². The minimum Gasteiger partial charge on any atom is -0.481 e. The summed E-state index contributed by atoms with van der Waals surface area (Å²) in [6.07, 6.45) is 44.4. The SMILES string of the molecule is Cc1cnc(C(=O)Nc2ccc(C3CCC(C(=O)O)CC3)cc2C2=CCC(C)(C)CC2)[nH]1.[C-]#[N+]c1cnc(C(=O)Nc2ccc(C3CCC(N(C)CCOC)CC3)cc2C2=CCC(C)(C)CC2)[nH]1.[C-]#[N+]c1cnc(C(=O)Nc2ccc(C3CCC(N(CCO)CCO)CC3)cc2C2=CCC(C)(C)CC2)[nH]1.[C-]#[N+]c1cnc(C(=O)Nc2ccc(C3CCC(NCCOCC)CC3)cc2C2=CCC(C)(C)CC2)[nH]1. The van der Waals surface area contributed by atoms with Crippen LogP contribution in [0.25, 0.3) is 36.8 Å². The molecule has 4 fully saturated rings. The molecule has 4 amide bonds. The van der Waals surface area contributed by atoms with Crippen LogP contribution < -0.4 is 26.6 Å². The third kappa shape index (κ3) is 29.7. The van der Waals surface area contributed by atoms with Gasteiger partial charge in [0, 0.05) is 115 Å². The number of benzene rings is 4. The van der Waals surface area contributed by atoms with Crippen molar-refractivity contribution in [1.82, 2.24) is 55.0 Å². The molecular formula is C113H150N18O10. The summed E-state index contributed by atoms with van der Waals surface area (Å²) in [6.45, 7) is 49.3. The summed E-state index contributed by atoms with van der Waals surface area (Å²) < 4.78 is 10.7. The second-order valence-corrected chi connectivity index (χ2v) is 43.1. The van der Waals surface area contributed by atoms with Gasteiger partial charge in [0.05, 0.1) is 50.9 Å². The van der Waals surface area contributed by atoms with Gasteiger partial charge in [-0.1, -0.05) is 124 Å². The Morgan fingerprint density at radius 2 is 0.759 bits per heavy atom. The molecular weight excluding hydrogens is 1770 g/mol. The molecule has 141 heavy (non-hydrogen) atoms. The number of aliphatic carboxylic acids is 1. The van der Waals surface area contributed by atoms with Crippen molar-refractivity contribution in [2.45, 2.75) is 291 Å². The molecule has 0 aliphatic heterocycles. The van der Waals surface area contributed by atoms with Crippen molar-refractivity contribution in [2.24, 2.45) is 27.6 Å². The van der Waals surface area contributed by atoms with E-state index in [0.29, 0.717) is 77.0 Å². The molecule has 0 spiro atoms. The maximum absolute atomic E-state index is 12.9. The smallest absolute Gasteiger partial charge is 0.314 e. The number of hydrogen-bond acceptors (Lipinski definition) is 16. The molecule has 0 saturated heterocycles. The lowest BCUT2D eigenvalue weighted by molar-refractivity contribution is -0.142. The first kappa shape index (κ1) is 107. The first-order chi connectivity index (χ1) is 67.7. The molecule has 4 heterocycles. The Kier molecular flexibility index (Phi) is 37.6. The van der Waals surface area contributed by atoms with Crippen molar-refractivity contribution in [3.63, 3.8) is 0 Å². The van der Waals surface area contributed by atoms with Crippen LogP contribution in [0.3, 0.4) is 0 Å². The molecule has 0 radical (unpaired) electrons. The Labute approximate surface area is 833 Å². The van der Waals surface area contributed by atoms with Crippen LogP contribution in [-0.4, -0.2) is 186 Å². The van der Waals surface area contributed by atoms with Gasteiger partial charge in [0.25, 0.3) is 23.4 Å². The topological polar surface area (TPSA) is 359 Å². The largest absolute Gasteiger partial charge is 0.481 e. The Bertz CT molecular complexity index is 5860. The van der Waals surface area contributed by atoms with E-state index in [-0.39, 0.29) is 83.1 Å². The first-order valence-electron chi connectivity index (χ1n) is 51.3. The number of rotatable bonds is 31. The molecule has 0 atom stereocenters. The number of carbonyl (C=O) groups is 5. The van der Waals surface area contributed by atoms with Gasteiger partial charge in [-0.25, -0.2) is 19.9 Å². The summed E-state index contributed by atoms with van der Waals surface area (Å²) >= 11 is 0. The third-order valence-corrected chi connectivity index (χ3v) is 30.6. The second-order valence-electron chi connectivity index (χ2n) is 43.1. The number of ether oxygens (including phenoxy) is 2. The zero-order valence-corrected chi connectivity index (χ0v) is 85.1. The Balaban J connectivity index is 0.000000158. The summed E-state index contributed by atoms with van der Waals surface area (Å²) in [5, 5.41) is 44.0. The molecule has 28 heteroatoms. The van der Waals surface area contributed by atoms with E-state index in [1.807, 2.05) is 32.0 Å². The summed E-state index contributed by atoms with van der Waals surface area (Å²) in [7, 11) is 3.97. The molecule has 28 nitrogen and oxygen atoms in total. The van der Waals surface area contributed by atoms with Crippen molar-refractivity contribution in [2.75, 3.05) is 94.6 Å². The number of likely N-dealkylation sites (N-methyl/N-ethyl adjacent to an activating group) is 1. The molecule has 12 N–H and O–H groups in total. The van der Waals surface area contributed by atoms with Crippen LogP contribution in [0, 0.1) is 54.2 Å². The molecule has 4 aromatic carbocycles. The number of nitrogens with zero attached hydrogens (tertiary/aromatic N) is 9. The maximum Gasteiger partial charge on any atom is 0.314 e. The van der Waals surface area contributed by atoms with Crippen LogP contribution >= 0.6 is 0 Å². The van der Waals surface area contributed by atoms with Gasteiger partial charge in [0.1, 0.15) is 0 Å². The molecule has 0 unspecified atom stereocenters. The molecule has 4 aromatic heterocycles. The van der Waals surface area contributed by atoms with E-state index in [1.54, 1.807) is 13.3 Å². The molecule has 8 aliphatic carbocycles. The number of H-pyrrole nitrogens is 4. The summed E-state index contributed by atoms with van der Waals surface area (Å²) in [5.41, 5.74) is 20.0. The zero-order chi connectivity index (χ0) is 101. The zero-order valence-electron chi connectivity index (χ0n) is 85.1. The lowest BCUT2D eigenvalue weighted by Crippen LogP contribution is -2.41. The summed E-state index contributed by atoms with van der Waals surface area (Å²) in [5.74, 6) is 1.25. The first-order valence-corrected chi connectivity index (χ1v) is 51.3. The van der Waals surface area contributed by atoms with Crippen LogP contribution in [0.4, 0.5) is 40.2 Å². The average Bonchev–Trinajstić information content (AvgIpc) is 1.79. The molecule has 16 rings (SSSR count). The van der Waals surface area contributed by atoms with Gasteiger partial charge >= 0.3 is 23.7 Å². The highest BCUT2D eigenvalue weighted by molar-refractivity contribution is 6.06. The number of aliphatic hydroxyl groups is 2. The van der Waals surface area contributed by atoms with E-state index in [4.69, 9.17) is 29.2 Å². The average molecular weight is 1920 g/mol. The van der Waals surface area contributed by atoms with Crippen LogP contribution in [0.15, 0.2) is 122 Å². The molecule has 0 bridgehead atoms. The fourth-order valence-corrected chi connectivity index (χ4v) is 21.3. The van der Waals surface area contributed by atoms with Crippen molar-refractivity contribution >= 4 is 92.1 Å². The third-order valence-electron chi connectivity index (χ3n) is 30.6. The highest BCUT2D eigenvalue weighted by Gasteiger charge is 2.36. The van der Waals surface area contributed by atoms with E-state index in [9.17, 15) is 39.3 Å². The van der Waals surface area contributed by atoms with Crippen LogP contribution in [0.1, 0.15) is 358 Å². The number of allylic oxidation sites excluding steroid dienone is 8. The van der Waals surface area contributed by atoms with Gasteiger partial charge in [-0.05, 0) is 339 Å². The fraction of sp³-hybridized carbons (Fsp3) is 0.540. The van der Waals surface area contributed by atoms with Gasteiger partial charge in [-0.15, -0.1) is 0 Å². The van der Waals surface area contributed by atoms with Crippen molar-refractivity contribution in [3.05, 3.63) is 230 Å². The minimum atomic E-state index is -0.676. The Hall–Kier alpha value is -11.8. The number of aliphatic hydroxyl groups excluding tert-OH is 2. The number of methoxy groups -OCH3 is 1. The number of carboxylic acid groups (broad SMARTS) is 1. The number of aromatic amines is 4. The minimum absolute atomic E-state index is 0.111. The predicted molar refractivity (Wildman–Crippen MR) is 560 cm³/mol. The monoisotopic (exact) mass is 1920 g/mol. The number of nitrogens with one attached hydrogen (secondary N) is 9. The number of anilines is 4.